The summed E-state index contributed by atoms with van der Waals surface area (Å²) in [5.41, 5.74) is 3.70. The Bertz CT molecular complexity index is 1170. The average Bonchev–Trinajstić information content (AvgIpc) is 3.21. The van der Waals surface area contributed by atoms with Crippen molar-refractivity contribution in [3.8, 4) is 5.75 Å². The zero-order valence-corrected chi connectivity index (χ0v) is 18.9. The number of methoxy groups -OCH3 is 1. The topological polar surface area (TPSA) is 70.7 Å². The van der Waals surface area contributed by atoms with E-state index in [0.717, 1.165) is 17.0 Å². The molecule has 0 aromatic heterocycles. The zero-order valence-electron chi connectivity index (χ0n) is 18.1. The van der Waals surface area contributed by atoms with Crippen LogP contribution in [0.1, 0.15) is 18.0 Å². The fraction of sp³-hybridized carbons (Fsp3) is 0.231. The van der Waals surface area contributed by atoms with Gasteiger partial charge in [0.25, 0.3) is 0 Å². The number of hydrogen-bond donors (Lipinski definition) is 2. The van der Waals surface area contributed by atoms with Gasteiger partial charge in [-0.25, -0.2) is 0 Å². The van der Waals surface area contributed by atoms with Crippen molar-refractivity contribution in [2.45, 2.75) is 18.5 Å². The largest absolute Gasteiger partial charge is 0.497 e. The van der Waals surface area contributed by atoms with E-state index in [1.165, 1.54) is 5.57 Å². The van der Waals surface area contributed by atoms with Crippen molar-refractivity contribution in [3.63, 3.8) is 0 Å². The predicted molar refractivity (Wildman–Crippen MR) is 128 cm³/mol. The molecule has 2 heterocycles. The van der Waals surface area contributed by atoms with Crippen molar-refractivity contribution < 1.29 is 14.3 Å². The SMILES string of the molecule is COc1ccc(C2C3=C(CCN2C(=O)C(=O)Nc2ccccc2)C2C=C(Cl)C=CC2N3)cc1. The van der Waals surface area contributed by atoms with Crippen LogP contribution in [0.4, 0.5) is 5.69 Å². The predicted octanol–water partition coefficient (Wildman–Crippen LogP) is 4.14. The second-order valence-corrected chi connectivity index (χ2v) is 8.73. The summed E-state index contributed by atoms with van der Waals surface area (Å²) in [5.74, 6) is -0.336. The Kier molecular flexibility index (Phi) is 5.68. The van der Waals surface area contributed by atoms with Crippen molar-refractivity contribution >= 4 is 29.1 Å². The van der Waals surface area contributed by atoms with E-state index < -0.39 is 17.9 Å². The molecule has 6 nitrogen and oxygen atoms in total. The molecule has 33 heavy (non-hydrogen) atoms. The van der Waals surface area contributed by atoms with E-state index >= 15 is 0 Å². The van der Waals surface area contributed by atoms with Crippen LogP contribution < -0.4 is 15.4 Å². The summed E-state index contributed by atoms with van der Waals surface area (Å²) in [6.07, 6.45) is 6.69. The number of amides is 2. The molecule has 5 rings (SSSR count). The number of rotatable bonds is 3. The van der Waals surface area contributed by atoms with Gasteiger partial charge in [-0.2, -0.15) is 0 Å². The highest BCUT2D eigenvalue weighted by molar-refractivity contribution is 6.39. The number of anilines is 1. The Balaban J connectivity index is 1.49. The number of nitrogens with one attached hydrogen (secondary N) is 2. The van der Waals surface area contributed by atoms with Crippen LogP contribution >= 0.6 is 11.6 Å². The monoisotopic (exact) mass is 461 g/mol. The maximum absolute atomic E-state index is 13.4. The minimum Gasteiger partial charge on any atom is -0.497 e. The van der Waals surface area contributed by atoms with Crippen molar-refractivity contribution in [3.05, 3.63) is 94.7 Å². The Morgan fingerprint density at radius 3 is 2.61 bits per heavy atom. The maximum Gasteiger partial charge on any atom is 0.313 e. The Hall–Kier alpha value is -3.51. The Labute approximate surface area is 197 Å². The third-order valence-corrected chi connectivity index (χ3v) is 6.64. The van der Waals surface area contributed by atoms with Gasteiger partial charge in [0.15, 0.2) is 0 Å². The van der Waals surface area contributed by atoms with E-state index in [1.807, 2.05) is 48.5 Å². The van der Waals surface area contributed by atoms with E-state index in [4.69, 9.17) is 16.3 Å². The maximum atomic E-state index is 13.4. The van der Waals surface area contributed by atoms with E-state index in [-0.39, 0.29) is 12.0 Å². The molecule has 2 aromatic carbocycles. The molecule has 2 N–H and O–H groups in total. The minimum atomic E-state index is -0.651. The van der Waals surface area contributed by atoms with Gasteiger partial charge in [0.05, 0.1) is 19.2 Å². The number of ether oxygens (including phenoxy) is 1. The van der Waals surface area contributed by atoms with Gasteiger partial charge >= 0.3 is 11.8 Å². The molecule has 0 saturated carbocycles. The third-order valence-electron chi connectivity index (χ3n) is 6.38. The number of para-hydroxylation sites is 1. The molecule has 0 saturated heterocycles. The molecular formula is C26H24ClN3O3. The molecule has 0 radical (unpaired) electrons. The zero-order chi connectivity index (χ0) is 22.9. The van der Waals surface area contributed by atoms with Gasteiger partial charge in [0.1, 0.15) is 5.75 Å². The molecule has 2 amide bonds. The normalized spacial score (nSPS) is 23.3. The summed E-state index contributed by atoms with van der Waals surface area (Å²) in [7, 11) is 1.62. The smallest absolute Gasteiger partial charge is 0.313 e. The number of allylic oxidation sites excluding steroid dienone is 2. The van der Waals surface area contributed by atoms with Crippen LogP contribution in [0.2, 0.25) is 0 Å². The molecule has 2 aliphatic heterocycles. The summed E-state index contributed by atoms with van der Waals surface area (Å²) >= 11 is 6.29. The minimum absolute atomic E-state index is 0.0893. The number of halogens is 1. The number of carbonyl (C=O) groups is 2. The van der Waals surface area contributed by atoms with Gasteiger partial charge < -0.3 is 20.3 Å². The summed E-state index contributed by atoms with van der Waals surface area (Å²) in [5, 5.41) is 7.03. The number of hydrogen-bond acceptors (Lipinski definition) is 4. The first-order valence-corrected chi connectivity index (χ1v) is 11.3. The lowest BCUT2D eigenvalue weighted by molar-refractivity contribution is -0.144. The van der Waals surface area contributed by atoms with Gasteiger partial charge in [-0.05, 0) is 47.9 Å². The molecule has 3 unspecified atom stereocenters. The summed E-state index contributed by atoms with van der Waals surface area (Å²) in [6.45, 7) is 0.441. The lowest BCUT2D eigenvalue weighted by atomic mass is 9.85. The van der Waals surface area contributed by atoms with E-state index in [1.54, 1.807) is 24.1 Å². The standard InChI is InChI=1S/C26H24ClN3O3/c1-33-19-10-7-16(8-11-19)24-23-20(21-15-17(27)9-12-22(21)29-23)13-14-30(24)26(32)25(31)28-18-5-3-2-4-6-18/h2-12,15,21-22,24,29H,13-14H2,1H3,(H,28,31). The fourth-order valence-electron chi connectivity index (χ4n) is 4.82. The highest BCUT2D eigenvalue weighted by atomic mass is 35.5. The van der Waals surface area contributed by atoms with E-state index in [0.29, 0.717) is 23.7 Å². The van der Waals surface area contributed by atoms with Gasteiger partial charge in [-0.15, -0.1) is 0 Å². The first kappa shape index (κ1) is 21.3. The molecular weight excluding hydrogens is 438 g/mol. The van der Waals surface area contributed by atoms with Gasteiger partial charge in [-0.3, -0.25) is 9.59 Å². The highest BCUT2D eigenvalue weighted by Crippen LogP contribution is 2.44. The van der Waals surface area contributed by atoms with Crippen molar-refractivity contribution in [1.82, 2.24) is 10.2 Å². The number of nitrogens with zero attached hydrogens (tertiary/aromatic N) is 1. The van der Waals surface area contributed by atoms with Crippen LogP contribution in [0.3, 0.4) is 0 Å². The van der Waals surface area contributed by atoms with E-state index in [9.17, 15) is 9.59 Å². The molecule has 0 fully saturated rings. The third kappa shape index (κ3) is 4.02. The Morgan fingerprint density at radius 1 is 1.12 bits per heavy atom. The summed E-state index contributed by atoms with van der Waals surface area (Å²) in [4.78, 5) is 27.9. The highest BCUT2D eigenvalue weighted by Gasteiger charge is 2.43. The summed E-state index contributed by atoms with van der Waals surface area (Å²) < 4.78 is 5.31. The second-order valence-electron chi connectivity index (χ2n) is 8.29. The van der Waals surface area contributed by atoms with Gasteiger partial charge in [0.2, 0.25) is 0 Å². The van der Waals surface area contributed by atoms with E-state index in [2.05, 4.69) is 22.8 Å². The first-order chi connectivity index (χ1) is 16.0. The van der Waals surface area contributed by atoms with Gasteiger partial charge in [0, 0.05) is 28.9 Å². The first-order valence-electron chi connectivity index (χ1n) is 10.9. The molecule has 2 aromatic rings. The molecule has 168 valence electrons. The van der Waals surface area contributed by atoms with Crippen LogP contribution in [0.15, 0.2) is 89.1 Å². The number of fused-ring (bicyclic) bond motifs is 2. The quantitative estimate of drug-likeness (QED) is 0.674. The van der Waals surface area contributed by atoms with Crippen LogP contribution in [-0.4, -0.2) is 36.4 Å². The fourth-order valence-corrected chi connectivity index (χ4v) is 5.03. The second kappa shape index (κ2) is 8.79. The summed E-state index contributed by atoms with van der Waals surface area (Å²) in [6, 6.07) is 16.3. The Morgan fingerprint density at radius 2 is 1.88 bits per heavy atom. The van der Waals surface area contributed by atoms with Crippen LogP contribution in [0.5, 0.6) is 5.75 Å². The van der Waals surface area contributed by atoms with Crippen LogP contribution in [-0.2, 0) is 9.59 Å². The van der Waals surface area contributed by atoms with Crippen molar-refractivity contribution in [1.29, 1.82) is 0 Å². The molecule has 1 aliphatic carbocycles. The molecule has 0 spiro atoms. The lowest BCUT2D eigenvalue weighted by Crippen LogP contribution is -2.46. The molecule has 3 atom stereocenters. The van der Waals surface area contributed by atoms with Crippen molar-refractivity contribution in [2.24, 2.45) is 5.92 Å². The molecule has 0 bridgehead atoms. The van der Waals surface area contributed by atoms with Gasteiger partial charge in [-0.1, -0.05) is 54.1 Å². The average molecular weight is 462 g/mol. The van der Waals surface area contributed by atoms with Crippen LogP contribution in [0, 0.1) is 5.92 Å². The van der Waals surface area contributed by atoms with Crippen molar-refractivity contribution in [2.75, 3.05) is 19.0 Å². The lowest BCUT2D eigenvalue weighted by Gasteiger charge is -2.37. The molecule has 7 heteroatoms. The number of benzene rings is 2. The van der Waals surface area contributed by atoms with Crippen LogP contribution in [0.25, 0.3) is 0 Å². The molecule has 3 aliphatic rings. The number of carbonyl (C=O) groups excluding carboxylic acids is 2.